The summed E-state index contributed by atoms with van der Waals surface area (Å²) in [4.78, 5) is 4.21. The summed E-state index contributed by atoms with van der Waals surface area (Å²) in [5.41, 5.74) is 2.16. The Balaban J connectivity index is 1.90. The molecule has 2 rings (SSSR count). The summed E-state index contributed by atoms with van der Waals surface area (Å²) in [6.45, 7) is 4.30. The van der Waals surface area contributed by atoms with Crippen LogP contribution in [0.5, 0.6) is 0 Å². The van der Waals surface area contributed by atoms with Crippen molar-refractivity contribution < 1.29 is 0 Å². The molecule has 1 heterocycles. The Morgan fingerprint density at radius 3 is 2.89 bits per heavy atom. The number of hydrogen-bond donors (Lipinski definition) is 1. The summed E-state index contributed by atoms with van der Waals surface area (Å²) in [6.07, 6.45) is 11.3. The van der Waals surface area contributed by atoms with Gasteiger partial charge in [-0.2, -0.15) is 0 Å². The molecule has 1 aliphatic rings. The molecule has 2 atom stereocenters. The van der Waals surface area contributed by atoms with Crippen LogP contribution < -0.4 is 5.32 Å². The van der Waals surface area contributed by atoms with E-state index in [1.54, 1.807) is 0 Å². The third-order valence-corrected chi connectivity index (χ3v) is 4.57. The molecule has 1 saturated carbocycles. The molecule has 1 aliphatic carbocycles. The predicted molar refractivity (Wildman–Crippen MR) is 82.9 cm³/mol. The number of nitrogens with zero attached hydrogens (tertiary/aromatic N) is 1. The molecule has 0 amide bonds. The molecule has 1 N–H and O–H groups in total. The molecule has 0 aromatic carbocycles. The quantitative estimate of drug-likeness (QED) is 0.605. The highest BCUT2D eigenvalue weighted by Gasteiger charge is 2.18. The second-order valence-corrected chi connectivity index (χ2v) is 6.19. The Morgan fingerprint density at radius 1 is 1.32 bits per heavy atom. The minimum absolute atomic E-state index is 0.601. The zero-order valence-electron chi connectivity index (χ0n) is 12.1. The van der Waals surface area contributed by atoms with Gasteiger partial charge < -0.3 is 5.32 Å². The molecule has 0 spiro atoms. The molecule has 1 aromatic rings. The lowest BCUT2D eigenvalue weighted by Gasteiger charge is -2.18. The van der Waals surface area contributed by atoms with Gasteiger partial charge in [-0.15, -0.1) is 0 Å². The number of aromatic nitrogens is 1. The van der Waals surface area contributed by atoms with E-state index in [9.17, 15) is 0 Å². The SMILES string of the molecule is CCCC1CCCC(Nc2cnc(Cl)c(C)c2)CC1. The van der Waals surface area contributed by atoms with Gasteiger partial charge in [-0.05, 0) is 43.7 Å². The Morgan fingerprint density at radius 2 is 2.16 bits per heavy atom. The molecule has 1 fully saturated rings. The van der Waals surface area contributed by atoms with Gasteiger partial charge in [-0.1, -0.05) is 44.2 Å². The highest BCUT2D eigenvalue weighted by Crippen LogP contribution is 2.28. The highest BCUT2D eigenvalue weighted by molar-refractivity contribution is 6.30. The van der Waals surface area contributed by atoms with Crippen LogP contribution in [0.25, 0.3) is 0 Å². The largest absolute Gasteiger partial charge is 0.381 e. The number of pyridine rings is 1. The Labute approximate surface area is 122 Å². The predicted octanol–water partition coefficient (Wildman–Crippen LogP) is 5.20. The van der Waals surface area contributed by atoms with Gasteiger partial charge in [-0.3, -0.25) is 0 Å². The molecule has 0 aliphatic heterocycles. The number of nitrogens with one attached hydrogen (secondary N) is 1. The summed E-state index contributed by atoms with van der Waals surface area (Å²) >= 11 is 5.96. The van der Waals surface area contributed by atoms with E-state index in [4.69, 9.17) is 11.6 Å². The molecule has 2 nitrogen and oxygen atoms in total. The number of rotatable bonds is 4. The number of hydrogen-bond acceptors (Lipinski definition) is 2. The van der Waals surface area contributed by atoms with Crippen LogP contribution >= 0.6 is 11.6 Å². The van der Waals surface area contributed by atoms with Gasteiger partial charge in [0.1, 0.15) is 5.15 Å². The lowest BCUT2D eigenvalue weighted by Crippen LogP contribution is -2.18. The van der Waals surface area contributed by atoms with Crippen LogP contribution in [0.1, 0.15) is 57.4 Å². The van der Waals surface area contributed by atoms with E-state index in [-0.39, 0.29) is 0 Å². The van der Waals surface area contributed by atoms with Crippen molar-refractivity contribution in [1.29, 1.82) is 0 Å². The van der Waals surface area contributed by atoms with Gasteiger partial charge in [-0.25, -0.2) is 4.98 Å². The van der Waals surface area contributed by atoms with E-state index in [1.807, 2.05) is 13.1 Å². The maximum absolute atomic E-state index is 5.96. The summed E-state index contributed by atoms with van der Waals surface area (Å²) in [6, 6.07) is 2.70. The summed E-state index contributed by atoms with van der Waals surface area (Å²) in [5.74, 6) is 0.946. The summed E-state index contributed by atoms with van der Waals surface area (Å²) in [5, 5.41) is 4.24. The lowest BCUT2D eigenvalue weighted by molar-refractivity contribution is 0.422. The topological polar surface area (TPSA) is 24.9 Å². The van der Waals surface area contributed by atoms with E-state index in [0.717, 1.165) is 17.2 Å². The van der Waals surface area contributed by atoms with Crippen molar-refractivity contribution in [3.63, 3.8) is 0 Å². The summed E-state index contributed by atoms with van der Waals surface area (Å²) < 4.78 is 0. The van der Waals surface area contributed by atoms with E-state index >= 15 is 0 Å². The number of anilines is 1. The monoisotopic (exact) mass is 280 g/mol. The van der Waals surface area contributed by atoms with Crippen molar-refractivity contribution >= 4 is 17.3 Å². The van der Waals surface area contributed by atoms with Gasteiger partial charge in [0.15, 0.2) is 0 Å². The average Bonchev–Trinajstić information content (AvgIpc) is 2.60. The van der Waals surface area contributed by atoms with Gasteiger partial charge in [0, 0.05) is 6.04 Å². The number of halogens is 1. The maximum Gasteiger partial charge on any atom is 0.132 e. The lowest BCUT2D eigenvalue weighted by atomic mass is 9.95. The molecule has 3 heteroatoms. The average molecular weight is 281 g/mol. The molecule has 0 radical (unpaired) electrons. The second kappa shape index (κ2) is 7.14. The van der Waals surface area contributed by atoms with Gasteiger partial charge in [0.25, 0.3) is 0 Å². The summed E-state index contributed by atoms with van der Waals surface area (Å²) in [7, 11) is 0. The Kier molecular flexibility index (Phi) is 5.50. The van der Waals surface area contributed by atoms with Crippen molar-refractivity contribution in [1.82, 2.24) is 4.98 Å². The maximum atomic E-state index is 5.96. The van der Waals surface area contributed by atoms with Crippen molar-refractivity contribution in [2.24, 2.45) is 5.92 Å². The first-order valence-electron chi connectivity index (χ1n) is 7.57. The minimum atomic E-state index is 0.601. The smallest absolute Gasteiger partial charge is 0.132 e. The van der Waals surface area contributed by atoms with E-state index in [1.165, 1.54) is 44.9 Å². The third kappa shape index (κ3) is 4.38. The molecule has 2 unspecified atom stereocenters. The van der Waals surface area contributed by atoms with Crippen LogP contribution in [0, 0.1) is 12.8 Å². The molecular formula is C16H25ClN2. The first-order chi connectivity index (χ1) is 9.19. The van der Waals surface area contributed by atoms with Crippen LogP contribution in [0.3, 0.4) is 0 Å². The number of aryl methyl sites for hydroxylation is 1. The zero-order valence-corrected chi connectivity index (χ0v) is 12.8. The van der Waals surface area contributed by atoms with Crippen molar-refractivity contribution in [2.75, 3.05) is 5.32 Å². The molecule has 0 bridgehead atoms. The van der Waals surface area contributed by atoms with Crippen molar-refractivity contribution in [3.05, 3.63) is 23.0 Å². The van der Waals surface area contributed by atoms with Crippen LogP contribution in [-0.2, 0) is 0 Å². The van der Waals surface area contributed by atoms with Gasteiger partial charge >= 0.3 is 0 Å². The fraction of sp³-hybridized carbons (Fsp3) is 0.688. The van der Waals surface area contributed by atoms with E-state index in [0.29, 0.717) is 11.2 Å². The van der Waals surface area contributed by atoms with Crippen LogP contribution in [0.4, 0.5) is 5.69 Å². The minimum Gasteiger partial charge on any atom is -0.381 e. The van der Waals surface area contributed by atoms with Crippen LogP contribution in [0.2, 0.25) is 5.15 Å². The molecule has 19 heavy (non-hydrogen) atoms. The Hall–Kier alpha value is -0.760. The molecule has 106 valence electrons. The Bertz CT molecular complexity index is 406. The fourth-order valence-electron chi connectivity index (χ4n) is 3.09. The van der Waals surface area contributed by atoms with Crippen molar-refractivity contribution in [3.8, 4) is 0 Å². The van der Waals surface area contributed by atoms with Crippen LogP contribution in [-0.4, -0.2) is 11.0 Å². The normalized spacial score (nSPS) is 23.9. The first kappa shape index (κ1) is 14.6. The molecular weight excluding hydrogens is 256 g/mol. The standard InChI is InChI=1S/C16H25ClN2/c1-3-5-13-6-4-7-14(9-8-13)19-15-10-12(2)16(17)18-11-15/h10-11,13-14,19H,3-9H2,1-2H3. The van der Waals surface area contributed by atoms with Gasteiger partial charge in [0.05, 0.1) is 11.9 Å². The fourth-order valence-corrected chi connectivity index (χ4v) is 3.20. The molecule has 1 aromatic heterocycles. The van der Waals surface area contributed by atoms with Gasteiger partial charge in [0.2, 0.25) is 0 Å². The van der Waals surface area contributed by atoms with Crippen molar-refractivity contribution in [2.45, 2.75) is 64.8 Å². The van der Waals surface area contributed by atoms with E-state index in [2.05, 4.69) is 23.3 Å². The van der Waals surface area contributed by atoms with E-state index < -0.39 is 0 Å². The molecule has 0 saturated heterocycles. The van der Waals surface area contributed by atoms with Crippen LogP contribution in [0.15, 0.2) is 12.3 Å². The highest BCUT2D eigenvalue weighted by atomic mass is 35.5. The first-order valence-corrected chi connectivity index (χ1v) is 7.95. The third-order valence-electron chi connectivity index (χ3n) is 4.17. The second-order valence-electron chi connectivity index (χ2n) is 5.84. The zero-order chi connectivity index (χ0) is 13.7.